The standard InChI is InChI=1S/C15H12N2OS.ClH/c18-14(11-6-2-1-3-7-11)10-19-15-16-12-8-4-5-9-13(12)17-15;/h1-9H,10H2,(H,16,17);1H. The molecule has 5 heteroatoms. The van der Waals surface area contributed by atoms with Crippen LogP contribution in [0, 0.1) is 0 Å². The van der Waals surface area contributed by atoms with Crippen LogP contribution in [0.2, 0.25) is 0 Å². The van der Waals surface area contributed by atoms with Gasteiger partial charge in [0.1, 0.15) is 0 Å². The lowest BCUT2D eigenvalue weighted by Crippen LogP contribution is -2.01. The summed E-state index contributed by atoms with van der Waals surface area (Å²) in [6, 6.07) is 17.2. The molecule has 0 unspecified atom stereocenters. The second kappa shape index (κ2) is 6.59. The van der Waals surface area contributed by atoms with Crippen molar-refractivity contribution in [3.63, 3.8) is 0 Å². The summed E-state index contributed by atoms with van der Waals surface area (Å²) in [5, 5.41) is 0.783. The number of H-pyrrole nitrogens is 1. The van der Waals surface area contributed by atoms with Crippen LogP contribution in [0.15, 0.2) is 59.8 Å². The Morgan fingerprint density at radius 3 is 2.50 bits per heavy atom. The normalized spacial score (nSPS) is 10.2. The number of fused-ring (bicyclic) bond motifs is 1. The molecule has 3 rings (SSSR count). The van der Waals surface area contributed by atoms with Gasteiger partial charge in [-0.05, 0) is 12.1 Å². The molecule has 0 amide bonds. The first-order valence-electron chi connectivity index (χ1n) is 5.99. The molecule has 0 spiro atoms. The molecule has 2 aromatic carbocycles. The maximum atomic E-state index is 12.0. The first-order valence-corrected chi connectivity index (χ1v) is 6.97. The Balaban J connectivity index is 0.00000147. The minimum atomic E-state index is 0. The highest BCUT2D eigenvalue weighted by molar-refractivity contribution is 7.99. The van der Waals surface area contributed by atoms with Crippen molar-refractivity contribution in [2.24, 2.45) is 0 Å². The Bertz CT molecular complexity index is 679. The van der Waals surface area contributed by atoms with Crippen LogP contribution >= 0.6 is 24.2 Å². The third-order valence-corrected chi connectivity index (χ3v) is 3.68. The van der Waals surface area contributed by atoms with Crippen LogP contribution in [0.3, 0.4) is 0 Å². The van der Waals surface area contributed by atoms with E-state index in [1.165, 1.54) is 11.8 Å². The number of carbonyl (C=O) groups excluding carboxylic acids is 1. The second-order valence-electron chi connectivity index (χ2n) is 4.14. The molecule has 0 fully saturated rings. The molecule has 0 atom stereocenters. The highest BCUT2D eigenvalue weighted by atomic mass is 35.5. The van der Waals surface area contributed by atoms with Crippen LogP contribution in [-0.2, 0) is 0 Å². The van der Waals surface area contributed by atoms with Gasteiger partial charge in [0.2, 0.25) is 0 Å². The average Bonchev–Trinajstić information content (AvgIpc) is 2.88. The van der Waals surface area contributed by atoms with Crippen LogP contribution < -0.4 is 0 Å². The van der Waals surface area contributed by atoms with E-state index < -0.39 is 0 Å². The predicted molar refractivity (Wildman–Crippen MR) is 84.8 cm³/mol. The highest BCUT2D eigenvalue weighted by Crippen LogP contribution is 2.20. The molecule has 3 aromatic rings. The van der Waals surface area contributed by atoms with E-state index in [9.17, 15) is 4.79 Å². The number of Topliss-reactive ketones (excluding diaryl/α,β-unsaturated/α-hetero) is 1. The topological polar surface area (TPSA) is 45.8 Å². The minimum absolute atomic E-state index is 0. The quantitative estimate of drug-likeness (QED) is 0.586. The number of nitrogens with one attached hydrogen (secondary N) is 1. The number of para-hydroxylation sites is 2. The Hall–Kier alpha value is -1.78. The molecular weight excluding hydrogens is 292 g/mol. The van der Waals surface area contributed by atoms with Crippen LogP contribution in [0.1, 0.15) is 10.4 Å². The van der Waals surface area contributed by atoms with Gasteiger partial charge < -0.3 is 4.98 Å². The average molecular weight is 305 g/mol. The van der Waals surface area contributed by atoms with Crippen LogP contribution in [0.5, 0.6) is 0 Å². The number of rotatable bonds is 4. The van der Waals surface area contributed by atoms with Gasteiger partial charge in [-0.15, -0.1) is 12.4 Å². The lowest BCUT2D eigenvalue weighted by molar-refractivity contribution is 0.102. The van der Waals surface area contributed by atoms with Crippen molar-refractivity contribution in [2.45, 2.75) is 5.16 Å². The van der Waals surface area contributed by atoms with E-state index in [-0.39, 0.29) is 18.2 Å². The van der Waals surface area contributed by atoms with Crippen LogP contribution in [0.4, 0.5) is 0 Å². The van der Waals surface area contributed by atoms with E-state index in [4.69, 9.17) is 0 Å². The number of thioether (sulfide) groups is 1. The molecule has 3 nitrogen and oxygen atoms in total. The number of hydrogen-bond acceptors (Lipinski definition) is 3. The van der Waals surface area contributed by atoms with Gasteiger partial charge in [0.25, 0.3) is 0 Å². The summed E-state index contributed by atoms with van der Waals surface area (Å²) >= 11 is 1.43. The summed E-state index contributed by atoms with van der Waals surface area (Å²) in [6.45, 7) is 0. The molecule has 1 aromatic heterocycles. The van der Waals surface area contributed by atoms with Crippen LogP contribution in [0.25, 0.3) is 11.0 Å². The van der Waals surface area contributed by atoms with Crippen molar-refractivity contribution in [1.29, 1.82) is 0 Å². The molecule has 0 radical (unpaired) electrons. The van der Waals surface area contributed by atoms with E-state index in [1.54, 1.807) is 0 Å². The molecule has 0 aliphatic rings. The summed E-state index contributed by atoms with van der Waals surface area (Å²) in [7, 11) is 0. The maximum absolute atomic E-state index is 12.0. The molecule has 0 saturated carbocycles. The van der Waals surface area contributed by atoms with Gasteiger partial charge >= 0.3 is 0 Å². The number of aromatic nitrogens is 2. The number of carbonyl (C=O) groups is 1. The number of halogens is 1. The summed E-state index contributed by atoms with van der Waals surface area (Å²) in [6.07, 6.45) is 0. The summed E-state index contributed by atoms with van der Waals surface area (Å²) in [5.41, 5.74) is 2.67. The van der Waals surface area contributed by atoms with Gasteiger partial charge in [-0.25, -0.2) is 4.98 Å². The fourth-order valence-corrected chi connectivity index (χ4v) is 2.62. The first-order chi connectivity index (χ1) is 9.33. The SMILES string of the molecule is Cl.O=C(CSc1nc2ccccc2[nH]1)c1ccccc1. The summed E-state index contributed by atoms with van der Waals surface area (Å²) in [4.78, 5) is 19.6. The number of benzene rings is 2. The predicted octanol–water partition coefficient (Wildman–Crippen LogP) is 3.96. The van der Waals surface area contributed by atoms with E-state index in [0.717, 1.165) is 21.8 Å². The van der Waals surface area contributed by atoms with Gasteiger partial charge in [-0.2, -0.15) is 0 Å². The molecule has 0 bridgehead atoms. The van der Waals surface area contributed by atoms with Crippen LogP contribution in [-0.4, -0.2) is 21.5 Å². The Kier molecular flexibility index (Phi) is 4.82. The van der Waals surface area contributed by atoms with E-state index in [0.29, 0.717) is 5.75 Å². The number of imidazole rings is 1. The van der Waals surface area contributed by atoms with Crippen molar-refractivity contribution in [3.8, 4) is 0 Å². The lowest BCUT2D eigenvalue weighted by atomic mass is 10.2. The smallest absolute Gasteiger partial charge is 0.173 e. The van der Waals surface area contributed by atoms with Gasteiger partial charge in [-0.3, -0.25) is 4.79 Å². The second-order valence-corrected chi connectivity index (χ2v) is 5.10. The summed E-state index contributed by atoms with van der Waals surface area (Å²) in [5.74, 6) is 0.509. The zero-order valence-electron chi connectivity index (χ0n) is 10.6. The molecular formula is C15H13ClN2OS. The molecule has 0 aliphatic heterocycles. The Labute approximate surface area is 127 Å². The van der Waals surface area contributed by atoms with E-state index in [1.807, 2.05) is 54.6 Å². The molecule has 1 heterocycles. The van der Waals surface area contributed by atoms with Crippen molar-refractivity contribution < 1.29 is 4.79 Å². The van der Waals surface area contributed by atoms with E-state index >= 15 is 0 Å². The van der Waals surface area contributed by atoms with Crippen molar-refractivity contribution >= 4 is 41.0 Å². The number of hydrogen-bond donors (Lipinski definition) is 1. The highest BCUT2D eigenvalue weighted by Gasteiger charge is 2.08. The molecule has 20 heavy (non-hydrogen) atoms. The van der Waals surface area contributed by atoms with Crippen molar-refractivity contribution in [2.75, 3.05) is 5.75 Å². The molecule has 0 saturated heterocycles. The van der Waals surface area contributed by atoms with E-state index in [2.05, 4.69) is 9.97 Å². The third kappa shape index (κ3) is 3.21. The number of aromatic amines is 1. The number of ketones is 1. The molecule has 102 valence electrons. The fourth-order valence-electron chi connectivity index (χ4n) is 1.84. The monoisotopic (exact) mass is 304 g/mol. The zero-order valence-corrected chi connectivity index (χ0v) is 12.2. The lowest BCUT2D eigenvalue weighted by Gasteiger charge is -1.98. The van der Waals surface area contributed by atoms with Crippen molar-refractivity contribution in [1.82, 2.24) is 9.97 Å². The Morgan fingerprint density at radius 2 is 1.75 bits per heavy atom. The first kappa shape index (κ1) is 14.6. The maximum Gasteiger partial charge on any atom is 0.173 e. The van der Waals surface area contributed by atoms with Gasteiger partial charge in [0.05, 0.1) is 16.8 Å². The largest absolute Gasteiger partial charge is 0.333 e. The zero-order chi connectivity index (χ0) is 13.1. The van der Waals surface area contributed by atoms with Crippen molar-refractivity contribution in [3.05, 3.63) is 60.2 Å². The third-order valence-electron chi connectivity index (χ3n) is 2.80. The molecule has 0 aliphatic carbocycles. The van der Waals surface area contributed by atoms with Gasteiger partial charge in [0, 0.05) is 5.56 Å². The minimum Gasteiger partial charge on any atom is -0.333 e. The van der Waals surface area contributed by atoms with Gasteiger partial charge in [-0.1, -0.05) is 54.2 Å². The Morgan fingerprint density at radius 1 is 1.05 bits per heavy atom. The molecule has 1 N–H and O–H groups in total. The number of nitrogens with zero attached hydrogens (tertiary/aromatic N) is 1. The van der Waals surface area contributed by atoms with Gasteiger partial charge in [0.15, 0.2) is 10.9 Å². The summed E-state index contributed by atoms with van der Waals surface area (Å²) < 4.78 is 0. The fraction of sp³-hybridized carbons (Fsp3) is 0.0667.